The van der Waals surface area contributed by atoms with Gasteiger partial charge in [0.25, 0.3) is 0 Å². The highest BCUT2D eigenvalue weighted by Crippen LogP contribution is 2.36. The summed E-state index contributed by atoms with van der Waals surface area (Å²) >= 11 is 6.10. The van der Waals surface area contributed by atoms with E-state index >= 15 is 0 Å². The molecule has 0 N–H and O–H groups in total. The lowest BCUT2D eigenvalue weighted by Gasteiger charge is -2.19. The quantitative estimate of drug-likeness (QED) is 0.608. The second-order valence-corrected chi connectivity index (χ2v) is 5.62. The molecule has 0 amide bonds. The molecule has 0 unspecified atom stereocenters. The van der Waals surface area contributed by atoms with Gasteiger partial charge in [-0.2, -0.15) is 0 Å². The van der Waals surface area contributed by atoms with Gasteiger partial charge in [0.1, 0.15) is 0 Å². The summed E-state index contributed by atoms with van der Waals surface area (Å²) in [6.07, 6.45) is 5.07. The predicted octanol–water partition coefficient (Wildman–Crippen LogP) is 3.43. The SMILES string of the molecule is COc1cc(/C=C/C(=O)O[C@@H]2CCCCC2=O)cc(Cl)c1OC. The van der Waals surface area contributed by atoms with Crippen LogP contribution in [-0.2, 0) is 14.3 Å². The van der Waals surface area contributed by atoms with Crippen molar-refractivity contribution in [2.24, 2.45) is 0 Å². The van der Waals surface area contributed by atoms with Gasteiger partial charge in [0, 0.05) is 12.5 Å². The molecular weight excluding hydrogens is 320 g/mol. The van der Waals surface area contributed by atoms with E-state index in [0.717, 1.165) is 12.8 Å². The first-order valence-corrected chi connectivity index (χ1v) is 7.76. The summed E-state index contributed by atoms with van der Waals surface area (Å²) in [7, 11) is 3.00. The molecule has 0 bridgehead atoms. The summed E-state index contributed by atoms with van der Waals surface area (Å²) in [5.74, 6) is 0.348. The number of methoxy groups -OCH3 is 2. The van der Waals surface area contributed by atoms with E-state index in [9.17, 15) is 9.59 Å². The lowest BCUT2D eigenvalue weighted by atomic mass is 9.96. The molecule has 0 heterocycles. The van der Waals surface area contributed by atoms with E-state index in [1.165, 1.54) is 20.3 Å². The molecule has 1 saturated carbocycles. The fraction of sp³-hybridized carbons (Fsp3) is 0.412. The fourth-order valence-corrected chi connectivity index (χ4v) is 2.75. The van der Waals surface area contributed by atoms with Crippen LogP contribution in [0.4, 0.5) is 0 Å². The van der Waals surface area contributed by atoms with Crippen LogP contribution in [0.1, 0.15) is 31.2 Å². The largest absolute Gasteiger partial charge is 0.493 e. The second kappa shape index (κ2) is 8.02. The van der Waals surface area contributed by atoms with Gasteiger partial charge in [-0.25, -0.2) is 4.79 Å². The van der Waals surface area contributed by atoms with Crippen LogP contribution in [0.2, 0.25) is 5.02 Å². The van der Waals surface area contributed by atoms with Gasteiger partial charge in [0.05, 0.1) is 19.2 Å². The Morgan fingerprint density at radius 2 is 2.04 bits per heavy atom. The van der Waals surface area contributed by atoms with Crippen LogP contribution < -0.4 is 9.47 Å². The number of hydrogen-bond donors (Lipinski definition) is 0. The fourth-order valence-electron chi connectivity index (χ4n) is 2.45. The smallest absolute Gasteiger partial charge is 0.331 e. The van der Waals surface area contributed by atoms with Gasteiger partial charge >= 0.3 is 5.97 Å². The molecule has 0 spiro atoms. The Morgan fingerprint density at radius 1 is 1.26 bits per heavy atom. The number of Topliss-reactive ketones (excluding diaryl/α,β-unsaturated/α-hetero) is 1. The maximum Gasteiger partial charge on any atom is 0.331 e. The summed E-state index contributed by atoms with van der Waals surface area (Å²) < 4.78 is 15.5. The minimum Gasteiger partial charge on any atom is -0.493 e. The molecule has 1 aliphatic carbocycles. The molecule has 0 aromatic heterocycles. The second-order valence-electron chi connectivity index (χ2n) is 5.21. The highest BCUT2D eigenvalue weighted by Gasteiger charge is 2.24. The summed E-state index contributed by atoms with van der Waals surface area (Å²) in [6, 6.07) is 3.35. The number of benzene rings is 1. The number of esters is 1. The molecule has 23 heavy (non-hydrogen) atoms. The molecule has 2 rings (SSSR count). The Bertz CT molecular complexity index is 624. The van der Waals surface area contributed by atoms with Crippen molar-refractivity contribution < 1.29 is 23.8 Å². The van der Waals surface area contributed by atoms with Crippen molar-refractivity contribution in [2.75, 3.05) is 14.2 Å². The standard InChI is InChI=1S/C17H19ClO5/c1-21-15-10-11(9-12(18)17(15)22-2)7-8-16(20)23-14-6-4-3-5-13(14)19/h7-10,14H,3-6H2,1-2H3/b8-7+/t14-/m1/s1. The van der Waals surface area contributed by atoms with Crippen molar-refractivity contribution in [3.05, 3.63) is 28.8 Å². The molecule has 1 fully saturated rings. The number of ether oxygens (including phenoxy) is 3. The highest BCUT2D eigenvalue weighted by molar-refractivity contribution is 6.32. The highest BCUT2D eigenvalue weighted by atomic mass is 35.5. The lowest BCUT2D eigenvalue weighted by Crippen LogP contribution is -2.29. The average molecular weight is 339 g/mol. The zero-order valence-corrected chi connectivity index (χ0v) is 13.9. The average Bonchev–Trinajstić information content (AvgIpc) is 2.54. The molecule has 0 saturated heterocycles. The van der Waals surface area contributed by atoms with Crippen molar-refractivity contribution in [3.63, 3.8) is 0 Å². The minimum atomic E-state index is -0.616. The van der Waals surface area contributed by atoms with Crippen LogP contribution in [0.3, 0.4) is 0 Å². The van der Waals surface area contributed by atoms with E-state index in [1.807, 2.05) is 0 Å². The zero-order valence-electron chi connectivity index (χ0n) is 13.1. The number of halogens is 1. The lowest BCUT2D eigenvalue weighted by molar-refractivity contribution is -0.152. The van der Waals surface area contributed by atoms with Crippen LogP contribution in [0.5, 0.6) is 11.5 Å². The monoisotopic (exact) mass is 338 g/mol. The normalized spacial score (nSPS) is 18.0. The molecule has 1 aliphatic rings. The number of carbonyl (C=O) groups is 2. The molecule has 1 aromatic rings. The number of ketones is 1. The van der Waals surface area contributed by atoms with Crippen molar-refractivity contribution in [1.82, 2.24) is 0 Å². The van der Waals surface area contributed by atoms with Crippen molar-refractivity contribution in [2.45, 2.75) is 31.8 Å². The summed E-state index contributed by atoms with van der Waals surface area (Å²) in [5, 5.41) is 0.377. The molecule has 6 heteroatoms. The molecule has 0 radical (unpaired) electrons. The Labute approximate surface area is 140 Å². The van der Waals surface area contributed by atoms with Crippen LogP contribution in [0, 0.1) is 0 Å². The third-order valence-corrected chi connectivity index (χ3v) is 3.91. The maximum atomic E-state index is 11.8. The zero-order chi connectivity index (χ0) is 16.8. The van der Waals surface area contributed by atoms with Crippen LogP contribution in [0.25, 0.3) is 6.08 Å². The molecule has 1 atom stereocenters. The third kappa shape index (κ3) is 4.48. The summed E-state index contributed by atoms with van der Waals surface area (Å²) in [5.41, 5.74) is 0.666. The van der Waals surface area contributed by atoms with Crippen LogP contribution in [0.15, 0.2) is 18.2 Å². The van der Waals surface area contributed by atoms with Crippen molar-refractivity contribution in [3.8, 4) is 11.5 Å². The van der Waals surface area contributed by atoms with Crippen LogP contribution >= 0.6 is 11.6 Å². The van der Waals surface area contributed by atoms with E-state index in [1.54, 1.807) is 18.2 Å². The van der Waals surface area contributed by atoms with Gasteiger partial charge in [-0.15, -0.1) is 0 Å². The van der Waals surface area contributed by atoms with E-state index in [4.69, 9.17) is 25.8 Å². The van der Waals surface area contributed by atoms with E-state index in [2.05, 4.69) is 0 Å². The van der Waals surface area contributed by atoms with Gasteiger partial charge in [0.2, 0.25) is 0 Å². The maximum absolute atomic E-state index is 11.8. The van der Waals surface area contributed by atoms with E-state index < -0.39 is 12.1 Å². The molecular formula is C17H19ClO5. The predicted molar refractivity (Wildman–Crippen MR) is 86.9 cm³/mol. The first-order chi connectivity index (χ1) is 11.0. The minimum absolute atomic E-state index is 0.00726. The first kappa shape index (κ1) is 17.3. The number of carbonyl (C=O) groups excluding carboxylic acids is 2. The third-order valence-electron chi connectivity index (χ3n) is 3.62. The Balaban J connectivity index is 2.06. The molecule has 0 aliphatic heterocycles. The van der Waals surface area contributed by atoms with E-state index in [0.29, 0.717) is 34.9 Å². The first-order valence-electron chi connectivity index (χ1n) is 7.38. The van der Waals surface area contributed by atoms with Crippen molar-refractivity contribution >= 4 is 29.4 Å². The van der Waals surface area contributed by atoms with Crippen molar-refractivity contribution in [1.29, 1.82) is 0 Å². The topological polar surface area (TPSA) is 61.8 Å². The number of rotatable bonds is 5. The van der Waals surface area contributed by atoms with Gasteiger partial charge in [-0.3, -0.25) is 4.79 Å². The Hall–Kier alpha value is -2.01. The van der Waals surface area contributed by atoms with E-state index in [-0.39, 0.29) is 5.78 Å². The molecule has 124 valence electrons. The number of hydrogen-bond acceptors (Lipinski definition) is 5. The van der Waals surface area contributed by atoms with Gasteiger partial charge in [-0.1, -0.05) is 11.6 Å². The Kier molecular flexibility index (Phi) is 6.04. The van der Waals surface area contributed by atoms with Gasteiger partial charge in [0.15, 0.2) is 23.4 Å². The summed E-state index contributed by atoms with van der Waals surface area (Å²) in [6.45, 7) is 0. The summed E-state index contributed by atoms with van der Waals surface area (Å²) in [4.78, 5) is 23.5. The Morgan fingerprint density at radius 3 is 2.70 bits per heavy atom. The molecule has 5 nitrogen and oxygen atoms in total. The van der Waals surface area contributed by atoms with Gasteiger partial charge in [-0.05, 0) is 43.0 Å². The molecule has 1 aromatic carbocycles. The van der Waals surface area contributed by atoms with Gasteiger partial charge < -0.3 is 14.2 Å². The van der Waals surface area contributed by atoms with Crippen LogP contribution in [-0.4, -0.2) is 32.1 Å².